The number of hydrogen-bond acceptors (Lipinski definition) is 1. The van der Waals surface area contributed by atoms with Gasteiger partial charge in [-0.1, -0.05) is 49.7 Å². The molecular weight excluding hydrogens is 331 g/mol. The first-order chi connectivity index (χ1) is 9.88. The molecule has 0 atom stereocenters. The van der Waals surface area contributed by atoms with Gasteiger partial charge in [-0.3, -0.25) is 0 Å². The molecule has 0 aromatic heterocycles. The number of benzene rings is 2. The molecule has 0 N–H and O–H groups in total. The summed E-state index contributed by atoms with van der Waals surface area (Å²) in [7, 11) is 0. The Balaban J connectivity index is 1.95. The van der Waals surface area contributed by atoms with Gasteiger partial charge in [-0.2, -0.15) is 0 Å². The molecule has 0 fully saturated rings. The monoisotopic (exact) mass is 350 g/mol. The molecular formula is C18H20BrFO. The van der Waals surface area contributed by atoms with Gasteiger partial charge in [0.1, 0.15) is 5.82 Å². The Hall–Kier alpha value is -1.19. The molecule has 2 aromatic rings. The molecule has 3 heteroatoms. The minimum Gasteiger partial charge on any atom is -0.376 e. The third kappa shape index (κ3) is 4.39. The van der Waals surface area contributed by atoms with Crippen LogP contribution in [0.15, 0.2) is 46.9 Å². The minimum atomic E-state index is -0.251. The lowest BCUT2D eigenvalue weighted by Crippen LogP contribution is -2.24. The molecule has 2 rings (SSSR count). The topological polar surface area (TPSA) is 9.23 Å². The number of halogens is 2. The first-order valence-electron chi connectivity index (χ1n) is 6.97. The molecule has 0 aliphatic heterocycles. The molecule has 0 amide bonds. The molecule has 0 unspecified atom stereocenters. The summed E-state index contributed by atoms with van der Waals surface area (Å²) in [6, 6.07) is 13.5. The lowest BCUT2D eigenvalue weighted by molar-refractivity contribution is 0.0824. The van der Waals surface area contributed by atoms with E-state index in [9.17, 15) is 4.39 Å². The highest BCUT2D eigenvalue weighted by Crippen LogP contribution is 2.24. The fourth-order valence-electron chi connectivity index (χ4n) is 2.14. The standard InChI is InChI=1S/C18H20BrFO/c1-13-4-7-15(8-5-13)18(2,3)12-21-11-14-6-9-17(20)16(19)10-14/h4-10H,11-12H2,1-3H3. The van der Waals surface area contributed by atoms with Gasteiger partial charge in [-0.05, 0) is 46.1 Å². The lowest BCUT2D eigenvalue weighted by Gasteiger charge is -2.25. The van der Waals surface area contributed by atoms with Gasteiger partial charge in [0.2, 0.25) is 0 Å². The predicted molar refractivity (Wildman–Crippen MR) is 88.0 cm³/mol. The summed E-state index contributed by atoms with van der Waals surface area (Å²) in [5.74, 6) is -0.251. The highest BCUT2D eigenvalue weighted by Gasteiger charge is 2.20. The summed E-state index contributed by atoms with van der Waals surface area (Å²) in [5.41, 5.74) is 3.42. The second-order valence-electron chi connectivity index (χ2n) is 5.99. The van der Waals surface area contributed by atoms with Crippen molar-refractivity contribution in [3.8, 4) is 0 Å². The highest BCUT2D eigenvalue weighted by atomic mass is 79.9. The van der Waals surface area contributed by atoms with E-state index in [-0.39, 0.29) is 11.2 Å². The Morgan fingerprint density at radius 1 is 1.10 bits per heavy atom. The van der Waals surface area contributed by atoms with Crippen LogP contribution < -0.4 is 0 Å². The molecule has 0 saturated heterocycles. The first kappa shape index (κ1) is 16.2. The second-order valence-corrected chi connectivity index (χ2v) is 6.85. The molecule has 21 heavy (non-hydrogen) atoms. The fourth-order valence-corrected chi connectivity index (χ4v) is 2.57. The van der Waals surface area contributed by atoms with Gasteiger partial charge < -0.3 is 4.74 Å². The fraction of sp³-hybridized carbons (Fsp3) is 0.333. The van der Waals surface area contributed by atoms with E-state index in [4.69, 9.17) is 4.74 Å². The summed E-state index contributed by atoms with van der Waals surface area (Å²) >= 11 is 3.19. The molecule has 0 saturated carbocycles. The van der Waals surface area contributed by atoms with Crippen LogP contribution in [-0.4, -0.2) is 6.61 Å². The van der Waals surface area contributed by atoms with Crippen LogP contribution in [-0.2, 0) is 16.8 Å². The van der Waals surface area contributed by atoms with E-state index in [0.29, 0.717) is 17.7 Å². The Morgan fingerprint density at radius 2 is 1.76 bits per heavy atom. The Kier molecular flexibility index (Phi) is 5.17. The summed E-state index contributed by atoms with van der Waals surface area (Å²) in [4.78, 5) is 0. The van der Waals surface area contributed by atoms with Crippen molar-refractivity contribution in [2.45, 2.75) is 32.8 Å². The summed E-state index contributed by atoms with van der Waals surface area (Å²) < 4.78 is 19.5. The molecule has 0 spiro atoms. The van der Waals surface area contributed by atoms with Gasteiger partial charge in [-0.25, -0.2) is 4.39 Å². The minimum absolute atomic E-state index is 0.0506. The van der Waals surface area contributed by atoms with Crippen molar-refractivity contribution in [2.75, 3.05) is 6.61 Å². The zero-order valence-corrected chi connectivity index (χ0v) is 14.2. The van der Waals surface area contributed by atoms with E-state index in [1.54, 1.807) is 12.1 Å². The van der Waals surface area contributed by atoms with Crippen molar-refractivity contribution in [2.24, 2.45) is 0 Å². The van der Waals surface area contributed by atoms with Gasteiger partial charge in [0.15, 0.2) is 0 Å². The van der Waals surface area contributed by atoms with Crippen LogP contribution >= 0.6 is 15.9 Å². The molecule has 2 aromatic carbocycles. The zero-order valence-electron chi connectivity index (χ0n) is 12.6. The molecule has 0 radical (unpaired) electrons. The van der Waals surface area contributed by atoms with Crippen molar-refractivity contribution in [1.29, 1.82) is 0 Å². The molecule has 0 heterocycles. The maximum atomic E-state index is 13.2. The average Bonchev–Trinajstić information content (AvgIpc) is 2.43. The van der Waals surface area contributed by atoms with Crippen LogP contribution in [0.1, 0.15) is 30.5 Å². The highest BCUT2D eigenvalue weighted by molar-refractivity contribution is 9.10. The number of rotatable bonds is 5. The lowest BCUT2D eigenvalue weighted by atomic mass is 9.85. The van der Waals surface area contributed by atoms with Gasteiger partial charge in [0.25, 0.3) is 0 Å². The van der Waals surface area contributed by atoms with E-state index in [0.717, 1.165) is 5.56 Å². The quantitative estimate of drug-likeness (QED) is 0.702. The second kappa shape index (κ2) is 6.71. The molecule has 1 nitrogen and oxygen atoms in total. The Bertz CT molecular complexity index is 605. The van der Waals surface area contributed by atoms with Crippen LogP contribution in [0.2, 0.25) is 0 Å². The van der Waals surface area contributed by atoms with Crippen molar-refractivity contribution >= 4 is 15.9 Å². The predicted octanol–water partition coefficient (Wildman–Crippen LogP) is 5.39. The first-order valence-corrected chi connectivity index (χ1v) is 7.76. The van der Waals surface area contributed by atoms with Crippen LogP contribution in [0.3, 0.4) is 0 Å². The molecule has 0 bridgehead atoms. The zero-order chi connectivity index (χ0) is 15.5. The molecule has 0 aliphatic rings. The number of ether oxygens (including phenoxy) is 1. The Labute approximate surface area is 134 Å². The average molecular weight is 351 g/mol. The van der Waals surface area contributed by atoms with Crippen LogP contribution in [0.5, 0.6) is 0 Å². The molecule has 0 aliphatic carbocycles. The van der Waals surface area contributed by atoms with E-state index in [1.807, 2.05) is 0 Å². The number of aryl methyl sites for hydroxylation is 1. The maximum Gasteiger partial charge on any atom is 0.137 e. The van der Waals surface area contributed by atoms with Crippen molar-refractivity contribution < 1.29 is 9.13 Å². The normalized spacial score (nSPS) is 11.7. The van der Waals surface area contributed by atoms with Crippen molar-refractivity contribution in [1.82, 2.24) is 0 Å². The van der Waals surface area contributed by atoms with Crippen molar-refractivity contribution in [3.05, 3.63) is 69.4 Å². The smallest absolute Gasteiger partial charge is 0.137 e. The van der Waals surface area contributed by atoms with Crippen LogP contribution in [0, 0.1) is 12.7 Å². The molecule has 112 valence electrons. The SMILES string of the molecule is Cc1ccc(C(C)(C)COCc2ccc(F)c(Br)c2)cc1. The third-order valence-electron chi connectivity index (χ3n) is 3.55. The van der Waals surface area contributed by atoms with Gasteiger partial charge in [-0.15, -0.1) is 0 Å². The van der Waals surface area contributed by atoms with Gasteiger partial charge in [0, 0.05) is 5.41 Å². The third-order valence-corrected chi connectivity index (χ3v) is 4.16. The summed E-state index contributed by atoms with van der Waals surface area (Å²) in [6.07, 6.45) is 0. The number of hydrogen-bond donors (Lipinski definition) is 0. The van der Waals surface area contributed by atoms with Crippen molar-refractivity contribution in [3.63, 3.8) is 0 Å². The van der Waals surface area contributed by atoms with Crippen LogP contribution in [0.25, 0.3) is 0 Å². The largest absolute Gasteiger partial charge is 0.376 e. The Morgan fingerprint density at radius 3 is 2.38 bits per heavy atom. The van der Waals surface area contributed by atoms with Gasteiger partial charge in [0.05, 0.1) is 17.7 Å². The van der Waals surface area contributed by atoms with Gasteiger partial charge >= 0.3 is 0 Å². The summed E-state index contributed by atoms with van der Waals surface area (Å²) in [5, 5.41) is 0. The van der Waals surface area contributed by atoms with E-state index < -0.39 is 0 Å². The van der Waals surface area contributed by atoms with Crippen LogP contribution in [0.4, 0.5) is 4.39 Å². The maximum absolute atomic E-state index is 13.2. The van der Waals surface area contributed by atoms with E-state index in [1.165, 1.54) is 17.2 Å². The summed E-state index contributed by atoms with van der Waals surface area (Å²) in [6.45, 7) is 7.51. The van der Waals surface area contributed by atoms with E-state index in [2.05, 4.69) is 61.0 Å². The van der Waals surface area contributed by atoms with E-state index >= 15 is 0 Å².